The highest BCUT2D eigenvalue weighted by molar-refractivity contribution is 7.99. The Morgan fingerprint density at radius 1 is 0.714 bits per heavy atom. The summed E-state index contributed by atoms with van der Waals surface area (Å²) < 4.78 is 11.8. The number of hydrogen-bond donors (Lipinski definition) is 2. The number of hydrogen-bond acceptors (Lipinski definition) is 5. The molecule has 0 spiro atoms. The molecule has 0 saturated heterocycles. The second-order valence-electron chi connectivity index (χ2n) is 10.8. The van der Waals surface area contributed by atoms with Crippen LogP contribution in [0.2, 0.25) is 0 Å². The minimum absolute atomic E-state index is 0.0464. The van der Waals surface area contributed by atoms with Gasteiger partial charge in [0.25, 0.3) is 0 Å². The highest BCUT2D eigenvalue weighted by Gasteiger charge is 2.24. The maximum absolute atomic E-state index is 10.9. The minimum Gasteiger partial charge on any atom is -0.492 e. The van der Waals surface area contributed by atoms with E-state index in [1.54, 1.807) is 11.8 Å². The SMILES string of the molecule is Cc1cc(Sc2cc(C)c(OCCC(=O)O)c(C(C)(C)C)c2)cc(C(C)(C)C)c1OCCC(=O)O. The average Bonchev–Trinajstić information content (AvgIpc) is 2.68. The Bertz CT molecular complexity index is 991. The lowest BCUT2D eigenvalue weighted by atomic mass is 9.85. The van der Waals surface area contributed by atoms with Crippen molar-refractivity contribution in [3.05, 3.63) is 46.5 Å². The number of carboxylic acid groups (broad SMARTS) is 2. The number of rotatable bonds is 10. The summed E-state index contributed by atoms with van der Waals surface area (Å²) in [6, 6.07) is 8.38. The van der Waals surface area contributed by atoms with Crippen LogP contribution >= 0.6 is 11.8 Å². The maximum atomic E-state index is 10.9. The monoisotopic (exact) mass is 502 g/mol. The zero-order valence-corrected chi connectivity index (χ0v) is 22.9. The standard InChI is InChI=1S/C28H38O6S/c1-17-13-19(15-21(27(3,4)5)25(17)33-11-9-23(29)30)35-20-14-18(2)26(34-12-10-24(31)32)22(16-20)28(6,7)8/h13-16H,9-12H2,1-8H3,(H,29,30)(H,31,32). The van der Waals surface area contributed by atoms with Gasteiger partial charge in [-0.3, -0.25) is 9.59 Å². The third-order valence-corrected chi connectivity index (χ3v) is 6.42. The van der Waals surface area contributed by atoms with Gasteiger partial charge in [-0.05, 0) is 60.1 Å². The molecule has 0 amide bonds. The van der Waals surface area contributed by atoms with Crippen LogP contribution in [0.1, 0.15) is 76.6 Å². The predicted molar refractivity (Wildman–Crippen MR) is 139 cm³/mol. The molecule has 0 aliphatic carbocycles. The number of benzene rings is 2. The molecule has 0 heterocycles. The van der Waals surface area contributed by atoms with Gasteiger partial charge in [-0.25, -0.2) is 0 Å². The van der Waals surface area contributed by atoms with Crippen LogP contribution in [0.3, 0.4) is 0 Å². The Labute approximate surface area is 213 Å². The van der Waals surface area contributed by atoms with Gasteiger partial charge < -0.3 is 19.7 Å². The number of ether oxygens (including phenoxy) is 2. The van der Waals surface area contributed by atoms with Crippen LogP contribution in [0.15, 0.2) is 34.1 Å². The maximum Gasteiger partial charge on any atom is 0.306 e. The average molecular weight is 503 g/mol. The van der Waals surface area contributed by atoms with Crippen LogP contribution in [0, 0.1) is 13.8 Å². The normalized spacial score (nSPS) is 11.9. The van der Waals surface area contributed by atoms with E-state index in [9.17, 15) is 9.59 Å². The van der Waals surface area contributed by atoms with Gasteiger partial charge in [-0.15, -0.1) is 0 Å². The third-order valence-electron chi connectivity index (χ3n) is 5.47. The van der Waals surface area contributed by atoms with Crippen LogP contribution in [0.4, 0.5) is 0 Å². The molecule has 0 bridgehead atoms. The van der Waals surface area contributed by atoms with Crippen molar-refractivity contribution in [3.8, 4) is 11.5 Å². The van der Waals surface area contributed by atoms with E-state index in [-0.39, 0.29) is 36.9 Å². The van der Waals surface area contributed by atoms with Crippen molar-refractivity contribution in [1.82, 2.24) is 0 Å². The topological polar surface area (TPSA) is 93.1 Å². The molecular weight excluding hydrogens is 464 g/mol. The van der Waals surface area contributed by atoms with Crippen LogP contribution in [0.25, 0.3) is 0 Å². The lowest BCUT2D eigenvalue weighted by molar-refractivity contribution is -0.138. The molecule has 0 fully saturated rings. The summed E-state index contributed by atoms with van der Waals surface area (Å²) in [7, 11) is 0. The summed E-state index contributed by atoms with van der Waals surface area (Å²) >= 11 is 1.65. The van der Waals surface area contributed by atoms with E-state index in [2.05, 4.69) is 65.8 Å². The molecule has 192 valence electrons. The summed E-state index contributed by atoms with van der Waals surface area (Å²) in [5.41, 5.74) is 3.62. The van der Waals surface area contributed by atoms with Crippen molar-refractivity contribution in [3.63, 3.8) is 0 Å². The van der Waals surface area contributed by atoms with Crippen molar-refractivity contribution in [1.29, 1.82) is 0 Å². The molecule has 6 nitrogen and oxygen atoms in total. The van der Waals surface area contributed by atoms with E-state index in [4.69, 9.17) is 19.7 Å². The molecule has 0 aliphatic rings. The molecule has 0 aliphatic heterocycles. The first kappa shape index (κ1) is 28.6. The lowest BCUT2D eigenvalue weighted by Gasteiger charge is -2.26. The molecule has 35 heavy (non-hydrogen) atoms. The highest BCUT2D eigenvalue weighted by Crippen LogP contribution is 2.42. The smallest absolute Gasteiger partial charge is 0.306 e. The zero-order valence-electron chi connectivity index (χ0n) is 22.1. The molecule has 0 unspecified atom stereocenters. The molecule has 0 radical (unpaired) electrons. The van der Waals surface area contributed by atoms with Crippen LogP contribution in [0.5, 0.6) is 11.5 Å². The van der Waals surface area contributed by atoms with Crippen LogP contribution in [-0.2, 0) is 20.4 Å². The van der Waals surface area contributed by atoms with E-state index >= 15 is 0 Å². The van der Waals surface area contributed by atoms with E-state index in [1.165, 1.54) is 0 Å². The number of aryl methyl sites for hydroxylation is 2. The third kappa shape index (κ3) is 8.20. The molecule has 2 aromatic rings. The number of carboxylic acids is 2. The van der Waals surface area contributed by atoms with Crippen molar-refractivity contribution >= 4 is 23.7 Å². The minimum atomic E-state index is -0.882. The fourth-order valence-corrected chi connectivity index (χ4v) is 4.81. The summed E-state index contributed by atoms with van der Waals surface area (Å²) in [5.74, 6) is -0.270. The van der Waals surface area contributed by atoms with Gasteiger partial charge in [0.2, 0.25) is 0 Å². The molecular formula is C28H38O6S. The first-order chi connectivity index (χ1) is 16.1. The lowest BCUT2D eigenvalue weighted by Crippen LogP contribution is -2.16. The Hall–Kier alpha value is -2.67. The second kappa shape index (κ2) is 11.4. The van der Waals surface area contributed by atoms with Gasteiger partial charge in [-0.1, -0.05) is 53.3 Å². The van der Waals surface area contributed by atoms with E-state index in [0.29, 0.717) is 0 Å². The van der Waals surface area contributed by atoms with Crippen molar-refractivity contribution < 1.29 is 29.3 Å². The van der Waals surface area contributed by atoms with Crippen LogP contribution in [-0.4, -0.2) is 35.4 Å². The molecule has 0 aromatic heterocycles. The number of carbonyl (C=O) groups is 2. The predicted octanol–water partition coefficient (Wildman–Crippen LogP) is 6.76. The first-order valence-electron chi connectivity index (χ1n) is 11.8. The zero-order chi connectivity index (χ0) is 26.6. The molecule has 0 atom stereocenters. The fraction of sp³-hybridized carbons (Fsp3) is 0.500. The van der Waals surface area contributed by atoms with Crippen LogP contribution < -0.4 is 9.47 Å². The quantitative estimate of drug-likeness (QED) is 0.371. The van der Waals surface area contributed by atoms with E-state index in [1.807, 2.05) is 13.8 Å². The van der Waals surface area contributed by atoms with Gasteiger partial charge in [0, 0.05) is 20.9 Å². The van der Waals surface area contributed by atoms with Gasteiger partial charge >= 0.3 is 11.9 Å². The summed E-state index contributed by atoms with van der Waals surface area (Å²) in [6.07, 6.45) is -0.0927. The Morgan fingerprint density at radius 3 is 1.34 bits per heavy atom. The van der Waals surface area contributed by atoms with E-state index in [0.717, 1.165) is 43.5 Å². The van der Waals surface area contributed by atoms with E-state index < -0.39 is 11.9 Å². The molecule has 2 N–H and O–H groups in total. The largest absolute Gasteiger partial charge is 0.492 e. The van der Waals surface area contributed by atoms with Crippen molar-refractivity contribution in [2.45, 2.75) is 88.9 Å². The molecule has 2 aromatic carbocycles. The Morgan fingerprint density at radius 2 is 1.06 bits per heavy atom. The first-order valence-corrected chi connectivity index (χ1v) is 12.6. The fourth-order valence-electron chi connectivity index (χ4n) is 3.71. The number of aliphatic carboxylic acids is 2. The van der Waals surface area contributed by atoms with Gasteiger partial charge in [0.15, 0.2) is 0 Å². The summed E-state index contributed by atoms with van der Waals surface area (Å²) in [6.45, 7) is 16.9. The van der Waals surface area contributed by atoms with Crippen molar-refractivity contribution in [2.75, 3.05) is 13.2 Å². The molecule has 7 heteroatoms. The van der Waals surface area contributed by atoms with Gasteiger partial charge in [0.1, 0.15) is 11.5 Å². The van der Waals surface area contributed by atoms with Gasteiger partial charge in [0.05, 0.1) is 26.1 Å². The highest BCUT2D eigenvalue weighted by atomic mass is 32.2. The summed E-state index contributed by atoms with van der Waals surface area (Å²) in [4.78, 5) is 24.0. The molecule has 0 saturated carbocycles. The van der Waals surface area contributed by atoms with Gasteiger partial charge in [-0.2, -0.15) is 0 Å². The Kier molecular flexibility index (Phi) is 9.29. The Balaban J connectivity index is 2.44. The summed E-state index contributed by atoms with van der Waals surface area (Å²) in [5, 5.41) is 17.9. The van der Waals surface area contributed by atoms with Crippen molar-refractivity contribution in [2.24, 2.45) is 0 Å². The second-order valence-corrected chi connectivity index (χ2v) is 12.0. The molecule has 2 rings (SSSR count).